The molecule has 1 aromatic heterocycles. The van der Waals surface area contributed by atoms with Crippen LogP contribution >= 0.6 is 35.4 Å². The second-order valence-corrected chi connectivity index (χ2v) is 5.13. The molecule has 7 heteroatoms. The Balaban J connectivity index is 1.93. The van der Waals surface area contributed by atoms with Crippen molar-refractivity contribution >= 4 is 46.2 Å². The minimum Gasteiger partial charge on any atom is -0.357 e. The Kier molecular flexibility index (Phi) is 4.63. The van der Waals surface area contributed by atoms with Crippen LogP contribution in [0.4, 0.5) is 5.69 Å². The van der Waals surface area contributed by atoms with Crippen molar-refractivity contribution in [1.29, 1.82) is 0 Å². The van der Waals surface area contributed by atoms with E-state index in [0.29, 0.717) is 27.4 Å². The lowest BCUT2D eigenvalue weighted by molar-refractivity contribution is 0.695. The molecule has 0 atom stereocenters. The standard InChI is InChI=1S/C12H12Cl2N4S/c1-18-9(4-5-16-18)7-15-12(19)17-11-3-2-8(13)6-10(11)14/h2-6H,7H2,1H3,(H2,15,17,19). The van der Waals surface area contributed by atoms with Crippen molar-refractivity contribution in [1.82, 2.24) is 15.1 Å². The van der Waals surface area contributed by atoms with Gasteiger partial charge in [0, 0.05) is 18.3 Å². The van der Waals surface area contributed by atoms with E-state index in [2.05, 4.69) is 15.7 Å². The second-order valence-electron chi connectivity index (χ2n) is 3.88. The molecule has 2 N–H and O–H groups in total. The fourth-order valence-electron chi connectivity index (χ4n) is 1.50. The van der Waals surface area contributed by atoms with Crippen molar-refractivity contribution in [3.05, 3.63) is 46.2 Å². The number of aromatic nitrogens is 2. The van der Waals surface area contributed by atoms with Crippen LogP contribution in [0.1, 0.15) is 5.69 Å². The Hall–Kier alpha value is -1.30. The van der Waals surface area contributed by atoms with Gasteiger partial charge in [-0.15, -0.1) is 0 Å². The van der Waals surface area contributed by atoms with Crippen molar-refractivity contribution < 1.29 is 0 Å². The monoisotopic (exact) mass is 314 g/mol. The third kappa shape index (κ3) is 3.83. The summed E-state index contributed by atoms with van der Waals surface area (Å²) in [7, 11) is 1.88. The van der Waals surface area contributed by atoms with E-state index < -0.39 is 0 Å². The van der Waals surface area contributed by atoms with Crippen molar-refractivity contribution in [3.8, 4) is 0 Å². The van der Waals surface area contributed by atoms with Gasteiger partial charge in [-0.2, -0.15) is 5.10 Å². The molecule has 0 radical (unpaired) electrons. The molecule has 19 heavy (non-hydrogen) atoms. The molecule has 1 aromatic carbocycles. The minimum atomic E-state index is 0.491. The van der Waals surface area contributed by atoms with Crippen LogP contribution in [0.5, 0.6) is 0 Å². The summed E-state index contributed by atoms with van der Waals surface area (Å²) in [6.07, 6.45) is 1.74. The summed E-state index contributed by atoms with van der Waals surface area (Å²) in [5.74, 6) is 0. The van der Waals surface area contributed by atoms with Gasteiger partial charge in [-0.1, -0.05) is 23.2 Å². The van der Waals surface area contributed by atoms with Gasteiger partial charge in [-0.25, -0.2) is 0 Å². The Morgan fingerprint density at radius 2 is 2.16 bits per heavy atom. The highest BCUT2D eigenvalue weighted by Crippen LogP contribution is 2.25. The zero-order valence-corrected chi connectivity index (χ0v) is 12.5. The lowest BCUT2D eigenvalue weighted by Gasteiger charge is -2.12. The first-order chi connectivity index (χ1) is 9.06. The molecule has 0 amide bonds. The summed E-state index contributed by atoms with van der Waals surface area (Å²) in [5, 5.41) is 11.8. The predicted molar refractivity (Wildman–Crippen MR) is 82.7 cm³/mol. The maximum atomic E-state index is 6.05. The SMILES string of the molecule is Cn1nccc1CNC(=S)Nc1ccc(Cl)cc1Cl. The molecule has 0 saturated heterocycles. The van der Waals surface area contributed by atoms with E-state index in [0.717, 1.165) is 5.69 Å². The summed E-state index contributed by atoms with van der Waals surface area (Å²) >= 11 is 17.1. The van der Waals surface area contributed by atoms with Gasteiger partial charge in [0.15, 0.2) is 5.11 Å². The average Bonchev–Trinajstić information content (AvgIpc) is 2.76. The Morgan fingerprint density at radius 3 is 2.79 bits per heavy atom. The van der Waals surface area contributed by atoms with E-state index in [-0.39, 0.29) is 0 Å². The summed E-state index contributed by atoms with van der Waals surface area (Å²) in [6.45, 7) is 0.591. The number of nitrogens with zero attached hydrogens (tertiary/aromatic N) is 2. The van der Waals surface area contributed by atoms with Crippen LogP contribution in [0.2, 0.25) is 10.0 Å². The highest BCUT2D eigenvalue weighted by Gasteiger charge is 2.04. The number of hydrogen-bond donors (Lipinski definition) is 2. The van der Waals surface area contributed by atoms with Gasteiger partial charge in [-0.05, 0) is 36.5 Å². The van der Waals surface area contributed by atoms with E-state index in [9.17, 15) is 0 Å². The minimum absolute atomic E-state index is 0.491. The lowest BCUT2D eigenvalue weighted by Crippen LogP contribution is -2.28. The average molecular weight is 315 g/mol. The van der Waals surface area contributed by atoms with Crippen molar-refractivity contribution in [3.63, 3.8) is 0 Å². The number of anilines is 1. The Labute approximate surface area is 126 Å². The van der Waals surface area contributed by atoms with Gasteiger partial charge in [0.2, 0.25) is 0 Å². The molecule has 0 aliphatic heterocycles. The maximum absolute atomic E-state index is 6.05. The van der Waals surface area contributed by atoms with Crippen molar-refractivity contribution in [2.75, 3.05) is 5.32 Å². The molecule has 0 unspecified atom stereocenters. The summed E-state index contributed by atoms with van der Waals surface area (Å²) in [5.41, 5.74) is 1.75. The normalized spacial score (nSPS) is 10.3. The van der Waals surface area contributed by atoms with Gasteiger partial charge in [0.05, 0.1) is 22.9 Å². The summed E-state index contributed by atoms with van der Waals surface area (Å²) < 4.78 is 1.78. The quantitative estimate of drug-likeness (QED) is 0.854. The first kappa shape index (κ1) is 14.1. The number of halogens is 2. The van der Waals surface area contributed by atoms with Gasteiger partial charge >= 0.3 is 0 Å². The fraction of sp³-hybridized carbons (Fsp3) is 0.167. The molecular weight excluding hydrogens is 303 g/mol. The zero-order chi connectivity index (χ0) is 13.8. The van der Waals surface area contributed by atoms with Crippen LogP contribution in [-0.4, -0.2) is 14.9 Å². The Bertz CT molecular complexity index is 597. The molecule has 1 heterocycles. The number of nitrogens with one attached hydrogen (secondary N) is 2. The Morgan fingerprint density at radius 1 is 1.37 bits per heavy atom. The summed E-state index contributed by atoms with van der Waals surface area (Å²) in [6, 6.07) is 7.11. The molecule has 0 spiro atoms. The highest BCUT2D eigenvalue weighted by molar-refractivity contribution is 7.80. The molecular formula is C12H12Cl2N4S. The molecule has 0 bridgehead atoms. The van der Waals surface area contributed by atoms with Gasteiger partial charge < -0.3 is 10.6 Å². The van der Waals surface area contributed by atoms with Gasteiger partial charge in [-0.3, -0.25) is 4.68 Å². The largest absolute Gasteiger partial charge is 0.357 e. The molecule has 100 valence electrons. The molecule has 0 aliphatic rings. The van der Waals surface area contributed by atoms with E-state index in [1.165, 1.54) is 0 Å². The van der Waals surface area contributed by atoms with E-state index in [1.54, 1.807) is 29.1 Å². The zero-order valence-electron chi connectivity index (χ0n) is 10.2. The smallest absolute Gasteiger partial charge is 0.171 e. The van der Waals surface area contributed by atoms with Crippen molar-refractivity contribution in [2.45, 2.75) is 6.54 Å². The molecule has 2 rings (SSSR count). The van der Waals surface area contributed by atoms with Crippen LogP contribution in [0.3, 0.4) is 0 Å². The summed E-state index contributed by atoms with van der Waals surface area (Å²) in [4.78, 5) is 0. The van der Waals surface area contributed by atoms with E-state index in [1.807, 2.05) is 13.1 Å². The van der Waals surface area contributed by atoms with Crippen LogP contribution in [0.15, 0.2) is 30.5 Å². The maximum Gasteiger partial charge on any atom is 0.171 e. The molecule has 2 aromatic rings. The number of benzene rings is 1. The van der Waals surface area contributed by atoms with Crippen LogP contribution in [0, 0.1) is 0 Å². The number of rotatable bonds is 3. The fourth-order valence-corrected chi connectivity index (χ4v) is 2.14. The second kappa shape index (κ2) is 6.23. The molecule has 0 saturated carbocycles. The lowest BCUT2D eigenvalue weighted by atomic mass is 10.3. The van der Waals surface area contributed by atoms with Crippen molar-refractivity contribution in [2.24, 2.45) is 7.05 Å². The first-order valence-electron chi connectivity index (χ1n) is 5.53. The van der Waals surface area contributed by atoms with Crippen LogP contribution in [0.25, 0.3) is 0 Å². The molecule has 0 fully saturated rings. The third-order valence-electron chi connectivity index (χ3n) is 2.53. The van der Waals surface area contributed by atoms with Crippen LogP contribution in [-0.2, 0) is 13.6 Å². The first-order valence-corrected chi connectivity index (χ1v) is 6.69. The van der Waals surface area contributed by atoms with Crippen LogP contribution < -0.4 is 10.6 Å². The topological polar surface area (TPSA) is 41.9 Å². The van der Waals surface area contributed by atoms with Gasteiger partial charge in [0.25, 0.3) is 0 Å². The molecule has 4 nitrogen and oxygen atoms in total. The van der Waals surface area contributed by atoms with E-state index in [4.69, 9.17) is 35.4 Å². The number of hydrogen-bond acceptors (Lipinski definition) is 2. The highest BCUT2D eigenvalue weighted by atomic mass is 35.5. The van der Waals surface area contributed by atoms with Gasteiger partial charge in [0.1, 0.15) is 0 Å². The third-order valence-corrected chi connectivity index (χ3v) is 3.33. The predicted octanol–water partition coefficient (Wildman–Crippen LogP) is 3.21. The number of aryl methyl sites for hydroxylation is 1. The van der Waals surface area contributed by atoms with E-state index >= 15 is 0 Å². The molecule has 0 aliphatic carbocycles. The number of thiocarbonyl (C=S) groups is 1.